The minimum Gasteiger partial charge on any atom is -0.460 e. The lowest BCUT2D eigenvalue weighted by Gasteiger charge is -2.21. The summed E-state index contributed by atoms with van der Waals surface area (Å²) >= 11 is 13.7. The molecule has 0 saturated heterocycles. The second-order valence-electron chi connectivity index (χ2n) is 7.36. The van der Waals surface area contributed by atoms with Crippen LogP contribution in [-0.2, 0) is 16.1 Å². The van der Waals surface area contributed by atoms with Crippen LogP contribution in [0.15, 0.2) is 77.7 Å². The molecule has 0 aliphatic heterocycles. The smallest absolute Gasteiger partial charge is 0.316 e. The first-order valence-corrected chi connectivity index (χ1v) is 11.7. The number of halogens is 2. The zero-order chi connectivity index (χ0) is 22.2. The van der Waals surface area contributed by atoms with E-state index in [0.29, 0.717) is 21.2 Å². The summed E-state index contributed by atoms with van der Waals surface area (Å²) in [5.74, 6) is -0.213. The van der Waals surface area contributed by atoms with Crippen molar-refractivity contribution in [1.29, 1.82) is 0 Å². The van der Waals surface area contributed by atoms with E-state index in [1.54, 1.807) is 18.2 Å². The van der Waals surface area contributed by atoms with Crippen LogP contribution in [0.3, 0.4) is 0 Å². The van der Waals surface area contributed by atoms with E-state index in [-0.39, 0.29) is 24.1 Å². The molecular formula is C26H16Cl2O3S. The van der Waals surface area contributed by atoms with E-state index in [9.17, 15) is 9.59 Å². The molecule has 3 nitrogen and oxygen atoms in total. The van der Waals surface area contributed by atoms with Gasteiger partial charge >= 0.3 is 5.97 Å². The number of hydrogen-bond donors (Lipinski definition) is 0. The van der Waals surface area contributed by atoms with Crippen molar-refractivity contribution < 1.29 is 14.3 Å². The molecule has 0 fully saturated rings. The van der Waals surface area contributed by atoms with Crippen molar-refractivity contribution in [3.63, 3.8) is 0 Å². The van der Waals surface area contributed by atoms with Crippen molar-refractivity contribution in [2.75, 3.05) is 5.75 Å². The molecule has 1 aliphatic rings. The molecule has 0 atom stereocenters. The van der Waals surface area contributed by atoms with E-state index in [0.717, 1.165) is 32.4 Å². The van der Waals surface area contributed by atoms with Crippen LogP contribution in [0, 0.1) is 0 Å². The van der Waals surface area contributed by atoms with E-state index >= 15 is 0 Å². The molecule has 32 heavy (non-hydrogen) atoms. The molecule has 0 N–H and O–H groups in total. The van der Waals surface area contributed by atoms with Gasteiger partial charge in [-0.3, -0.25) is 9.59 Å². The topological polar surface area (TPSA) is 43.4 Å². The van der Waals surface area contributed by atoms with Crippen LogP contribution in [0.5, 0.6) is 0 Å². The summed E-state index contributed by atoms with van der Waals surface area (Å²) in [5.41, 5.74) is 3.97. The Hall–Kier alpha value is -2.79. The van der Waals surface area contributed by atoms with Crippen LogP contribution in [0.25, 0.3) is 21.9 Å². The molecule has 0 bridgehead atoms. The summed E-state index contributed by atoms with van der Waals surface area (Å²) in [6.45, 7) is 0.0209. The van der Waals surface area contributed by atoms with E-state index in [1.807, 2.05) is 54.6 Å². The minimum absolute atomic E-state index is 0.0209. The quantitative estimate of drug-likeness (QED) is 0.198. The number of fused-ring (bicyclic) bond motifs is 2. The predicted molar refractivity (Wildman–Crippen MR) is 130 cm³/mol. The monoisotopic (exact) mass is 478 g/mol. The number of carbonyl (C=O) groups is 2. The highest BCUT2D eigenvalue weighted by atomic mass is 35.5. The van der Waals surface area contributed by atoms with E-state index < -0.39 is 0 Å². The molecule has 0 unspecified atom stereocenters. The van der Waals surface area contributed by atoms with Crippen molar-refractivity contribution in [3.05, 3.63) is 99.5 Å². The number of benzene rings is 4. The van der Waals surface area contributed by atoms with Gasteiger partial charge in [0.15, 0.2) is 5.78 Å². The lowest BCUT2D eigenvalue weighted by molar-refractivity contribution is -0.141. The van der Waals surface area contributed by atoms with Gasteiger partial charge in [0.2, 0.25) is 0 Å². The third-order valence-corrected chi connectivity index (χ3v) is 7.25. The zero-order valence-corrected chi connectivity index (χ0v) is 19.1. The maximum absolute atomic E-state index is 13.0. The van der Waals surface area contributed by atoms with Gasteiger partial charge < -0.3 is 4.74 Å². The van der Waals surface area contributed by atoms with Gasteiger partial charge in [-0.1, -0.05) is 77.8 Å². The Morgan fingerprint density at radius 3 is 2.25 bits per heavy atom. The van der Waals surface area contributed by atoms with Gasteiger partial charge in [-0.05, 0) is 34.7 Å². The van der Waals surface area contributed by atoms with Gasteiger partial charge in [0.05, 0.1) is 5.75 Å². The van der Waals surface area contributed by atoms with Crippen molar-refractivity contribution >= 4 is 57.5 Å². The molecule has 4 aromatic carbocycles. The summed E-state index contributed by atoms with van der Waals surface area (Å²) in [5, 5.41) is 2.81. The van der Waals surface area contributed by atoms with E-state index in [1.165, 1.54) is 11.8 Å². The number of esters is 1. The Bertz CT molecular complexity index is 1380. The summed E-state index contributed by atoms with van der Waals surface area (Å²) in [4.78, 5) is 26.3. The van der Waals surface area contributed by atoms with Gasteiger partial charge in [-0.15, -0.1) is 11.8 Å². The number of thioether (sulfide) groups is 1. The van der Waals surface area contributed by atoms with Gasteiger partial charge in [0.1, 0.15) is 6.61 Å². The fourth-order valence-corrected chi connectivity index (χ4v) is 5.33. The average Bonchev–Trinajstić information content (AvgIpc) is 2.81. The first-order valence-electron chi connectivity index (χ1n) is 9.95. The third-order valence-electron chi connectivity index (χ3n) is 5.49. The largest absolute Gasteiger partial charge is 0.460 e. The molecule has 4 aromatic rings. The van der Waals surface area contributed by atoms with E-state index in [4.69, 9.17) is 27.9 Å². The van der Waals surface area contributed by atoms with Crippen molar-refractivity contribution in [2.24, 2.45) is 0 Å². The van der Waals surface area contributed by atoms with Crippen molar-refractivity contribution in [1.82, 2.24) is 0 Å². The second-order valence-corrected chi connectivity index (χ2v) is 9.20. The van der Waals surface area contributed by atoms with E-state index in [2.05, 4.69) is 0 Å². The number of rotatable bonds is 5. The zero-order valence-electron chi connectivity index (χ0n) is 16.7. The highest BCUT2D eigenvalue weighted by molar-refractivity contribution is 8.00. The lowest BCUT2D eigenvalue weighted by atomic mass is 9.83. The van der Waals surface area contributed by atoms with Crippen molar-refractivity contribution in [3.8, 4) is 11.1 Å². The van der Waals surface area contributed by atoms with Crippen LogP contribution >= 0.6 is 35.0 Å². The first kappa shape index (κ1) is 21.1. The van der Waals surface area contributed by atoms with Crippen LogP contribution in [0.2, 0.25) is 10.0 Å². The summed E-state index contributed by atoms with van der Waals surface area (Å²) in [6.07, 6.45) is 0. The average molecular weight is 479 g/mol. The Morgan fingerprint density at radius 1 is 0.781 bits per heavy atom. The number of carbonyl (C=O) groups excluding carboxylic acids is 2. The number of ether oxygens (including phenoxy) is 1. The lowest BCUT2D eigenvalue weighted by Crippen LogP contribution is -2.10. The minimum atomic E-state index is -0.368. The van der Waals surface area contributed by atoms with Crippen LogP contribution < -0.4 is 0 Å². The Balaban J connectivity index is 1.39. The number of hydrogen-bond acceptors (Lipinski definition) is 4. The highest BCUT2D eigenvalue weighted by Crippen LogP contribution is 2.42. The second kappa shape index (κ2) is 8.62. The molecule has 158 valence electrons. The molecule has 0 aromatic heterocycles. The van der Waals surface area contributed by atoms with Gasteiger partial charge in [-0.2, -0.15) is 0 Å². The van der Waals surface area contributed by atoms with Crippen LogP contribution in [0.4, 0.5) is 0 Å². The Kier molecular flexibility index (Phi) is 5.68. The molecule has 1 aliphatic carbocycles. The molecule has 0 spiro atoms. The molecule has 5 rings (SSSR count). The summed E-state index contributed by atoms with van der Waals surface area (Å²) in [6, 6.07) is 22.6. The molecule has 0 heterocycles. The SMILES string of the molecule is O=C(CSc1ccc2c3c(cccc13)C(=O)c1ccccc1-2)OCc1c(Cl)cccc1Cl. The highest BCUT2D eigenvalue weighted by Gasteiger charge is 2.25. The van der Waals surface area contributed by atoms with Gasteiger partial charge in [0, 0.05) is 37.0 Å². The Labute approximate surface area is 199 Å². The number of ketones is 1. The van der Waals surface area contributed by atoms with Gasteiger partial charge in [0.25, 0.3) is 0 Å². The molecule has 0 radical (unpaired) electrons. The molecule has 0 saturated carbocycles. The Morgan fingerprint density at radius 2 is 1.47 bits per heavy atom. The predicted octanol–water partition coefficient (Wildman–Crippen LogP) is 7.19. The summed E-state index contributed by atoms with van der Waals surface area (Å²) in [7, 11) is 0. The first-order chi connectivity index (χ1) is 15.5. The third kappa shape index (κ3) is 3.69. The van der Waals surface area contributed by atoms with Crippen molar-refractivity contribution in [2.45, 2.75) is 11.5 Å². The fraction of sp³-hybridized carbons (Fsp3) is 0.0769. The standard InChI is InChI=1S/C26H16Cl2O3S/c27-21-9-4-10-22(28)20(21)13-31-24(29)14-32-23-12-11-16-15-5-1-2-6-17(15)26(30)19-8-3-7-18(23)25(16)19/h1-12H,13-14H2. The molecule has 0 amide bonds. The molecular weight excluding hydrogens is 463 g/mol. The fourth-order valence-electron chi connectivity index (χ4n) is 3.98. The maximum Gasteiger partial charge on any atom is 0.316 e. The molecule has 6 heteroatoms. The summed E-state index contributed by atoms with van der Waals surface area (Å²) < 4.78 is 5.38. The van der Waals surface area contributed by atoms with Gasteiger partial charge in [-0.25, -0.2) is 0 Å². The van der Waals surface area contributed by atoms with Crippen LogP contribution in [0.1, 0.15) is 21.5 Å². The van der Waals surface area contributed by atoms with Crippen LogP contribution in [-0.4, -0.2) is 17.5 Å². The maximum atomic E-state index is 13.0. The normalized spacial score (nSPS) is 12.0.